The summed E-state index contributed by atoms with van der Waals surface area (Å²) in [6.07, 6.45) is 3.45. The van der Waals surface area contributed by atoms with Crippen molar-refractivity contribution in [2.75, 3.05) is 0 Å². The van der Waals surface area contributed by atoms with E-state index in [1.807, 2.05) is 44.2 Å². The quantitative estimate of drug-likeness (QED) is 0.817. The van der Waals surface area contributed by atoms with E-state index in [4.69, 9.17) is 0 Å². The van der Waals surface area contributed by atoms with E-state index in [0.717, 1.165) is 10.9 Å². The number of rotatable bonds is 3. The highest BCUT2D eigenvalue weighted by Crippen LogP contribution is 2.19. The van der Waals surface area contributed by atoms with Gasteiger partial charge in [-0.3, -0.25) is 4.79 Å². The number of hydrogen-bond acceptors (Lipinski definition) is 1. The molecule has 0 bridgehead atoms. The molecule has 0 radical (unpaired) electrons. The largest absolute Gasteiger partial charge is 0.350 e. The van der Waals surface area contributed by atoms with Crippen LogP contribution in [-0.2, 0) is 4.79 Å². The first-order valence-electron chi connectivity index (χ1n) is 6.13. The number of amides is 1. The lowest BCUT2D eigenvalue weighted by atomic mass is 10.0. The van der Waals surface area contributed by atoms with Crippen molar-refractivity contribution < 1.29 is 4.79 Å². The molecule has 2 aromatic rings. The molecule has 2 heteroatoms. The number of carbonyl (C=O) groups excluding carboxylic acids is 1. The van der Waals surface area contributed by atoms with E-state index in [2.05, 4.69) is 23.5 Å². The van der Waals surface area contributed by atoms with Crippen LogP contribution in [0.5, 0.6) is 0 Å². The third kappa shape index (κ3) is 2.98. The topological polar surface area (TPSA) is 29.1 Å². The second-order valence-electron chi connectivity index (χ2n) is 4.56. The summed E-state index contributed by atoms with van der Waals surface area (Å²) in [4.78, 5) is 11.6. The van der Waals surface area contributed by atoms with Crippen LogP contribution >= 0.6 is 0 Å². The van der Waals surface area contributed by atoms with E-state index >= 15 is 0 Å². The van der Waals surface area contributed by atoms with Crippen LogP contribution in [0.3, 0.4) is 0 Å². The van der Waals surface area contributed by atoms with Gasteiger partial charge in [-0.05, 0) is 36.3 Å². The fourth-order valence-electron chi connectivity index (χ4n) is 1.89. The van der Waals surface area contributed by atoms with E-state index in [1.54, 1.807) is 6.08 Å². The molecule has 0 saturated carbocycles. The van der Waals surface area contributed by atoms with Gasteiger partial charge >= 0.3 is 0 Å². The molecule has 0 aromatic heterocycles. The maximum Gasteiger partial charge on any atom is 0.244 e. The van der Waals surface area contributed by atoms with Gasteiger partial charge in [-0.25, -0.2) is 0 Å². The van der Waals surface area contributed by atoms with Gasteiger partial charge in [0.25, 0.3) is 0 Å². The molecular weight excluding hydrogens is 222 g/mol. The zero-order chi connectivity index (χ0) is 13.0. The summed E-state index contributed by atoms with van der Waals surface area (Å²) >= 11 is 0. The summed E-state index contributed by atoms with van der Waals surface area (Å²) < 4.78 is 0. The third-order valence-electron chi connectivity index (χ3n) is 2.67. The average Bonchev–Trinajstić information content (AvgIpc) is 2.35. The zero-order valence-corrected chi connectivity index (χ0v) is 10.7. The molecule has 2 aromatic carbocycles. The molecule has 2 nitrogen and oxygen atoms in total. The van der Waals surface area contributed by atoms with Gasteiger partial charge in [0.15, 0.2) is 0 Å². The molecule has 0 atom stereocenters. The highest BCUT2D eigenvalue weighted by Gasteiger charge is 1.99. The first kappa shape index (κ1) is 12.4. The molecule has 0 fully saturated rings. The van der Waals surface area contributed by atoms with E-state index in [1.165, 1.54) is 5.39 Å². The van der Waals surface area contributed by atoms with Gasteiger partial charge in [0.2, 0.25) is 5.91 Å². The number of nitrogens with one attached hydrogen (secondary N) is 1. The molecule has 0 spiro atoms. The van der Waals surface area contributed by atoms with Crippen molar-refractivity contribution in [2.45, 2.75) is 19.9 Å². The molecule has 18 heavy (non-hydrogen) atoms. The molecule has 1 N–H and O–H groups in total. The molecule has 1 amide bonds. The minimum absolute atomic E-state index is 0.0575. The Kier molecular flexibility index (Phi) is 3.78. The van der Waals surface area contributed by atoms with Gasteiger partial charge in [0.1, 0.15) is 0 Å². The molecule has 92 valence electrons. The van der Waals surface area contributed by atoms with Gasteiger partial charge in [-0.1, -0.05) is 42.5 Å². The van der Waals surface area contributed by atoms with Crippen molar-refractivity contribution in [2.24, 2.45) is 0 Å². The van der Waals surface area contributed by atoms with Gasteiger partial charge in [-0.2, -0.15) is 0 Å². The zero-order valence-electron chi connectivity index (χ0n) is 10.7. The molecule has 0 unspecified atom stereocenters. The average molecular weight is 239 g/mol. The maximum absolute atomic E-state index is 11.6. The van der Waals surface area contributed by atoms with Crippen molar-refractivity contribution in [1.82, 2.24) is 5.32 Å². The Morgan fingerprint density at radius 1 is 1.11 bits per heavy atom. The maximum atomic E-state index is 11.6. The van der Waals surface area contributed by atoms with Crippen LogP contribution < -0.4 is 5.32 Å². The van der Waals surface area contributed by atoms with Crippen LogP contribution in [0.2, 0.25) is 0 Å². The summed E-state index contributed by atoms with van der Waals surface area (Å²) in [6.45, 7) is 3.90. The highest BCUT2D eigenvalue weighted by molar-refractivity contribution is 5.96. The summed E-state index contributed by atoms with van der Waals surface area (Å²) in [5, 5.41) is 5.18. The van der Waals surface area contributed by atoms with Crippen LogP contribution in [0.15, 0.2) is 48.5 Å². The molecule has 0 aliphatic carbocycles. The lowest BCUT2D eigenvalue weighted by Gasteiger charge is -2.05. The Hall–Kier alpha value is -2.09. The van der Waals surface area contributed by atoms with Crippen LogP contribution in [0.25, 0.3) is 16.8 Å². The van der Waals surface area contributed by atoms with Crippen molar-refractivity contribution >= 4 is 22.8 Å². The molecule has 0 heterocycles. The Morgan fingerprint density at radius 3 is 2.61 bits per heavy atom. The summed E-state index contributed by atoms with van der Waals surface area (Å²) in [6, 6.07) is 14.4. The van der Waals surface area contributed by atoms with Crippen LogP contribution in [0.4, 0.5) is 0 Å². The van der Waals surface area contributed by atoms with E-state index < -0.39 is 0 Å². The van der Waals surface area contributed by atoms with Crippen molar-refractivity contribution in [1.29, 1.82) is 0 Å². The summed E-state index contributed by atoms with van der Waals surface area (Å²) in [5.74, 6) is -0.0575. The Bertz CT molecular complexity index is 579. The Morgan fingerprint density at radius 2 is 1.83 bits per heavy atom. The molecule has 0 aliphatic rings. The second kappa shape index (κ2) is 5.50. The van der Waals surface area contributed by atoms with Crippen molar-refractivity contribution in [3.63, 3.8) is 0 Å². The predicted molar refractivity (Wildman–Crippen MR) is 76.3 cm³/mol. The minimum atomic E-state index is -0.0575. The van der Waals surface area contributed by atoms with Crippen LogP contribution in [0.1, 0.15) is 19.4 Å². The minimum Gasteiger partial charge on any atom is -0.350 e. The molecule has 0 saturated heterocycles. The van der Waals surface area contributed by atoms with Crippen molar-refractivity contribution in [3.05, 3.63) is 54.1 Å². The van der Waals surface area contributed by atoms with E-state index in [0.29, 0.717) is 0 Å². The Balaban J connectivity index is 2.27. The van der Waals surface area contributed by atoms with E-state index in [-0.39, 0.29) is 11.9 Å². The molecular formula is C16H17NO. The molecule has 0 aliphatic heterocycles. The lowest BCUT2D eigenvalue weighted by Crippen LogP contribution is -2.28. The SMILES string of the molecule is CC(C)NC(=O)/C=C/c1cccc2ccccc12. The summed E-state index contributed by atoms with van der Waals surface area (Å²) in [7, 11) is 0. The Labute approximate surface area is 107 Å². The standard InChI is InChI=1S/C16H17NO/c1-12(2)17-16(18)11-10-14-8-5-7-13-6-3-4-9-15(13)14/h3-12H,1-2H3,(H,17,18)/b11-10+. The van der Waals surface area contributed by atoms with Crippen LogP contribution in [-0.4, -0.2) is 11.9 Å². The van der Waals surface area contributed by atoms with Gasteiger partial charge in [0.05, 0.1) is 0 Å². The van der Waals surface area contributed by atoms with Gasteiger partial charge in [-0.15, -0.1) is 0 Å². The number of hydrogen-bond donors (Lipinski definition) is 1. The summed E-state index contributed by atoms with van der Waals surface area (Å²) in [5.41, 5.74) is 1.06. The van der Waals surface area contributed by atoms with Gasteiger partial charge in [0, 0.05) is 12.1 Å². The van der Waals surface area contributed by atoms with E-state index in [9.17, 15) is 4.79 Å². The first-order chi connectivity index (χ1) is 8.66. The predicted octanol–water partition coefficient (Wildman–Crippen LogP) is 3.38. The second-order valence-corrected chi connectivity index (χ2v) is 4.56. The monoisotopic (exact) mass is 239 g/mol. The van der Waals surface area contributed by atoms with Crippen molar-refractivity contribution in [3.8, 4) is 0 Å². The number of carbonyl (C=O) groups is 1. The van der Waals surface area contributed by atoms with Gasteiger partial charge < -0.3 is 5.32 Å². The fraction of sp³-hybridized carbons (Fsp3) is 0.188. The third-order valence-corrected chi connectivity index (χ3v) is 2.67. The number of fused-ring (bicyclic) bond motifs is 1. The highest BCUT2D eigenvalue weighted by atomic mass is 16.1. The molecule has 2 rings (SSSR count). The van der Waals surface area contributed by atoms with Crippen LogP contribution in [0, 0.1) is 0 Å². The lowest BCUT2D eigenvalue weighted by molar-refractivity contribution is -0.116. The smallest absolute Gasteiger partial charge is 0.244 e. The number of benzene rings is 2. The fourth-order valence-corrected chi connectivity index (χ4v) is 1.89. The normalized spacial score (nSPS) is 11.3. The first-order valence-corrected chi connectivity index (χ1v) is 6.13.